The molecule has 6 nitrogen and oxygen atoms in total. The summed E-state index contributed by atoms with van der Waals surface area (Å²) < 4.78 is 4.97. The zero-order chi connectivity index (χ0) is 13.1. The van der Waals surface area contributed by atoms with Crippen LogP contribution in [0, 0.1) is 10.1 Å². The summed E-state index contributed by atoms with van der Waals surface area (Å²) in [6, 6.07) is 5.29. The van der Waals surface area contributed by atoms with Crippen molar-refractivity contribution in [3.05, 3.63) is 33.9 Å². The number of nitro benzene ring substituents is 1. The molecule has 0 saturated carbocycles. The van der Waals surface area contributed by atoms with Crippen molar-refractivity contribution in [2.24, 2.45) is 5.73 Å². The van der Waals surface area contributed by atoms with Crippen molar-refractivity contribution in [2.45, 2.75) is 19.0 Å². The summed E-state index contributed by atoms with van der Waals surface area (Å²) in [5.41, 5.74) is 6.76. The monoisotopic (exact) mass is 251 g/mol. The van der Waals surface area contributed by atoms with E-state index in [0.717, 1.165) is 25.1 Å². The van der Waals surface area contributed by atoms with Crippen LogP contribution in [0.5, 0.6) is 5.75 Å². The topological polar surface area (TPSA) is 81.6 Å². The van der Waals surface area contributed by atoms with Gasteiger partial charge in [-0.25, -0.2) is 0 Å². The normalized spacial score (nSPS) is 20.0. The average molecular weight is 251 g/mol. The van der Waals surface area contributed by atoms with Gasteiger partial charge in [0.2, 0.25) is 0 Å². The number of hydrogen-bond acceptors (Lipinski definition) is 5. The zero-order valence-electron chi connectivity index (χ0n) is 10.3. The zero-order valence-corrected chi connectivity index (χ0v) is 10.3. The van der Waals surface area contributed by atoms with Crippen LogP contribution in [0.3, 0.4) is 0 Å². The second-order valence-electron chi connectivity index (χ2n) is 4.55. The second kappa shape index (κ2) is 5.32. The van der Waals surface area contributed by atoms with E-state index in [0.29, 0.717) is 12.3 Å². The molecule has 1 aromatic rings. The molecule has 0 spiro atoms. The van der Waals surface area contributed by atoms with Gasteiger partial charge in [0, 0.05) is 31.7 Å². The molecular formula is C12H17N3O3. The number of nitrogens with zero attached hydrogens (tertiary/aromatic N) is 2. The van der Waals surface area contributed by atoms with Crippen molar-refractivity contribution in [3.8, 4) is 5.75 Å². The summed E-state index contributed by atoms with van der Waals surface area (Å²) in [6.07, 6.45) is 0.984. The minimum Gasteiger partial charge on any atom is -0.490 e. The third-order valence-corrected chi connectivity index (χ3v) is 3.15. The Kier molecular flexibility index (Phi) is 3.78. The van der Waals surface area contributed by atoms with Crippen LogP contribution in [0.25, 0.3) is 0 Å². The standard InChI is InChI=1S/C12H17N3O3/c1-18-12-3-2-9(6-11(12)15(16)17)7-14-5-4-10(13)8-14/h2-3,6,10H,4-5,7-8,13H2,1H3. The highest BCUT2D eigenvalue weighted by Gasteiger charge is 2.21. The van der Waals surface area contributed by atoms with Gasteiger partial charge < -0.3 is 10.5 Å². The highest BCUT2D eigenvalue weighted by atomic mass is 16.6. The quantitative estimate of drug-likeness (QED) is 0.641. The first-order chi connectivity index (χ1) is 8.60. The van der Waals surface area contributed by atoms with Crippen LogP contribution in [0.2, 0.25) is 0 Å². The lowest BCUT2D eigenvalue weighted by molar-refractivity contribution is -0.385. The third kappa shape index (κ3) is 2.77. The summed E-state index contributed by atoms with van der Waals surface area (Å²) in [7, 11) is 1.43. The molecule has 6 heteroatoms. The molecule has 1 aromatic carbocycles. The Morgan fingerprint density at radius 1 is 1.61 bits per heavy atom. The van der Waals surface area contributed by atoms with Crippen molar-refractivity contribution >= 4 is 5.69 Å². The van der Waals surface area contributed by atoms with E-state index < -0.39 is 4.92 Å². The van der Waals surface area contributed by atoms with Gasteiger partial charge in [0.05, 0.1) is 12.0 Å². The van der Waals surface area contributed by atoms with Crippen molar-refractivity contribution in [1.82, 2.24) is 4.90 Å². The van der Waals surface area contributed by atoms with Crippen LogP contribution in [-0.2, 0) is 6.54 Å². The maximum absolute atomic E-state index is 10.9. The SMILES string of the molecule is COc1ccc(CN2CCC(N)C2)cc1[N+](=O)[O-]. The maximum Gasteiger partial charge on any atom is 0.311 e. The molecule has 1 aliphatic rings. The average Bonchev–Trinajstić information content (AvgIpc) is 2.74. The van der Waals surface area contributed by atoms with E-state index in [1.807, 2.05) is 6.07 Å². The summed E-state index contributed by atoms with van der Waals surface area (Å²) in [6.45, 7) is 2.49. The van der Waals surface area contributed by atoms with E-state index in [4.69, 9.17) is 10.5 Å². The Morgan fingerprint density at radius 3 is 2.94 bits per heavy atom. The summed E-state index contributed by atoms with van der Waals surface area (Å²) >= 11 is 0. The molecule has 0 aliphatic carbocycles. The molecule has 0 aromatic heterocycles. The molecule has 1 atom stereocenters. The van der Waals surface area contributed by atoms with Gasteiger partial charge in [-0.05, 0) is 18.1 Å². The highest BCUT2D eigenvalue weighted by Crippen LogP contribution is 2.28. The molecular weight excluding hydrogens is 234 g/mol. The first-order valence-corrected chi connectivity index (χ1v) is 5.89. The molecule has 1 heterocycles. The van der Waals surface area contributed by atoms with E-state index >= 15 is 0 Å². The Hall–Kier alpha value is -1.66. The van der Waals surface area contributed by atoms with Crippen molar-refractivity contribution in [2.75, 3.05) is 20.2 Å². The lowest BCUT2D eigenvalue weighted by atomic mass is 10.2. The fourth-order valence-corrected chi connectivity index (χ4v) is 2.24. The molecule has 0 amide bonds. The molecule has 0 bridgehead atoms. The number of rotatable bonds is 4. The molecule has 98 valence electrons. The van der Waals surface area contributed by atoms with E-state index in [2.05, 4.69) is 4.90 Å². The van der Waals surface area contributed by atoms with Crippen molar-refractivity contribution in [3.63, 3.8) is 0 Å². The van der Waals surface area contributed by atoms with E-state index in [1.165, 1.54) is 7.11 Å². The van der Waals surface area contributed by atoms with Crippen LogP contribution in [0.4, 0.5) is 5.69 Å². The van der Waals surface area contributed by atoms with Crippen LogP contribution in [0.1, 0.15) is 12.0 Å². The molecule has 1 saturated heterocycles. The molecule has 2 rings (SSSR count). The third-order valence-electron chi connectivity index (χ3n) is 3.15. The largest absolute Gasteiger partial charge is 0.490 e. The molecule has 1 unspecified atom stereocenters. The first kappa shape index (κ1) is 12.8. The molecule has 18 heavy (non-hydrogen) atoms. The van der Waals surface area contributed by atoms with E-state index in [-0.39, 0.29) is 11.7 Å². The lowest BCUT2D eigenvalue weighted by Crippen LogP contribution is -2.26. The smallest absolute Gasteiger partial charge is 0.311 e. The minimum atomic E-state index is -0.419. The van der Waals surface area contributed by atoms with Gasteiger partial charge in [0.15, 0.2) is 5.75 Å². The van der Waals surface area contributed by atoms with Gasteiger partial charge in [-0.1, -0.05) is 6.07 Å². The summed E-state index contributed by atoms with van der Waals surface area (Å²) in [5, 5.41) is 10.9. The Bertz CT molecular complexity index is 450. The van der Waals surface area contributed by atoms with Gasteiger partial charge in [-0.15, -0.1) is 0 Å². The Morgan fingerprint density at radius 2 is 2.39 bits per heavy atom. The number of hydrogen-bond donors (Lipinski definition) is 1. The van der Waals surface area contributed by atoms with Crippen LogP contribution in [-0.4, -0.2) is 36.1 Å². The minimum absolute atomic E-state index is 0.0125. The van der Waals surface area contributed by atoms with Gasteiger partial charge in [0.1, 0.15) is 0 Å². The highest BCUT2D eigenvalue weighted by molar-refractivity contribution is 5.48. The number of nitrogens with two attached hydrogens (primary N) is 1. The predicted molar refractivity (Wildman–Crippen MR) is 67.5 cm³/mol. The summed E-state index contributed by atoms with van der Waals surface area (Å²) in [4.78, 5) is 12.7. The first-order valence-electron chi connectivity index (χ1n) is 5.89. The lowest BCUT2D eigenvalue weighted by Gasteiger charge is -2.15. The number of nitro groups is 1. The van der Waals surface area contributed by atoms with Gasteiger partial charge >= 0.3 is 5.69 Å². The molecule has 1 aliphatic heterocycles. The molecule has 0 radical (unpaired) electrons. The predicted octanol–water partition coefficient (Wildman–Crippen LogP) is 1.14. The van der Waals surface area contributed by atoms with E-state index in [1.54, 1.807) is 12.1 Å². The maximum atomic E-state index is 10.9. The summed E-state index contributed by atoms with van der Waals surface area (Å²) in [5.74, 6) is 0.293. The number of benzene rings is 1. The van der Waals surface area contributed by atoms with Gasteiger partial charge in [-0.3, -0.25) is 15.0 Å². The van der Waals surface area contributed by atoms with Crippen molar-refractivity contribution < 1.29 is 9.66 Å². The molecule has 1 fully saturated rings. The van der Waals surface area contributed by atoms with Crippen LogP contribution in [0.15, 0.2) is 18.2 Å². The van der Waals surface area contributed by atoms with Crippen LogP contribution < -0.4 is 10.5 Å². The van der Waals surface area contributed by atoms with E-state index in [9.17, 15) is 10.1 Å². The fourth-order valence-electron chi connectivity index (χ4n) is 2.24. The van der Waals surface area contributed by atoms with Crippen molar-refractivity contribution in [1.29, 1.82) is 0 Å². The van der Waals surface area contributed by atoms with Gasteiger partial charge in [-0.2, -0.15) is 0 Å². The van der Waals surface area contributed by atoms with Crippen LogP contribution >= 0.6 is 0 Å². The number of ether oxygens (including phenoxy) is 1. The Labute approximate surface area is 105 Å². The Balaban J connectivity index is 2.14. The molecule has 2 N–H and O–H groups in total. The fraction of sp³-hybridized carbons (Fsp3) is 0.500. The number of likely N-dealkylation sites (tertiary alicyclic amines) is 1. The second-order valence-corrected chi connectivity index (χ2v) is 4.55. The number of methoxy groups -OCH3 is 1. The van der Waals surface area contributed by atoms with Gasteiger partial charge in [0.25, 0.3) is 0 Å².